The average molecular weight is 199 g/mol. The Labute approximate surface area is 85.9 Å². The highest BCUT2D eigenvalue weighted by Crippen LogP contribution is 2.31. The molecule has 1 fully saturated rings. The second-order valence-corrected chi connectivity index (χ2v) is 4.25. The van der Waals surface area contributed by atoms with E-state index in [-0.39, 0.29) is 0 Å². The molecule has 0 aliphatic heterocycles. The molecule has 0 radical (unpaired) electrons. The smallest absolute Gasteiger partial charge is 0.404 e. The number of carboxylic acid groups (broad SMARTS) is 1. The molecular formula is C11H21NO2. The highest BCUT2D eigenvalue weighted by Gasteiger charge is 2.22. The third kappa shape index (κ3) is 3.56. The monoisotopic (exact) mass is 199 g/mol. The van der Waals surface area contributed by atoms with E-state index in [1.807, 2.05) is 0 Å². The third-order valence-corrected chi connectivity index (χ3v) is 3.36. The Bertz CT molecular complexity index is 176. The van der Waals surface area contributed by atoms with Gasteiger partial charge in [0.15, 0.2) is 0 Å². The Balaban J connectivity index is 2.31. The van der Waals surface area contributed by atoms with Crippen LogP contribution in [-0.4, -0.2) is 17.7 Å². The Kier molecular flexibility index (Phi) is 4.77. The lowest BCUT2D eigenvalue weighted by molar-refractivity contribution is 0.183. The van der Waals surface area contributed by atoms with Gasteiger partial charge < -0.3 is 10.4 Å². The molecule has 1 rings (SSSR count). The second kappa shape index (κ2) is 5.89. The Morgan fingerprint density at radius 1 is 1.43 bits per heavy atom. The zero-order valence-corrected chi connectivity index (χ0v) is 8.96. The van der Waals surface area contributed by atoms with Crippen molar-refractivity contribution in [1.82, 2.24) is 5.32 Å². The molecule has 1 atom stereocenters. The number of nitrogens with one attached hydrogen (secondary N) is 1. The number of hydrogen-bond donors (Lipinski definition) is 2. The fourth-order valence-corrected chi connectivity index (χ4v) is 2.47. The van der Waals surface area contributed by atoms with Crippen LogP contribution in [0.25, 0.3) is 0 Å². The van der Waals surface area contributed by atoms with Crippen LogP contribution < -0.4 is 5.32 Å². The van der Waals surface area contributed by atoms with Gasteiger partial charge in [0.25, 0.3) is 0 Å². The molecule has 2 N–H and O–H groups in total. The Morgan fingerprint density at radius 3 is 2.57 bits per heavy atom. The molecule has 3 heteroatoms. The van der Waals surface area contributed by atoms with Crippen LogP contribution in [-0.2, 0) is 0 Å². The van der Waals surface area contributed by atoms with E-state index >= 15 is 0 Å². The van der Waals surface area contributed by atoms with Gasteiger partial charge in [-0.25, -0.2) is 4.79 Å². The van der Waals surface area contributed by atoms with Crippen LogP contribution in [0.1, 0.15) is 45.4 Å². The molecule has 1 aliphatic rings. The second-order valence-electron chi connectivity index (χ2n) is 4.25. The van der Waals surface area contributed by atoms with Crippen molar-refractivity contribution in [2.24, 2.45) is 11.8 Å². The summed E-state index contributed by atoms with van der Waals surface area (Å²) in [6, 6.07) is 0. The molecule has 0 aromatic heterocycles. The summed E-state index contributed by atoms with van der Waals surface area (Å²) in [7, 11) is 0. The summed E-state index contributed by atoms with van der Waals surface area (Å²) in [6.07, 6.45) is 6.80. The van der Waals surface area contributed by atoms with Gasteiger partial charge in [0, 0.05) is 6.54 Å². The van der Waals surface area contributed by atoms with E-state index in [1.54, 1.807) is 0 Å². The largest absolute Gasteiger partial charge is 0.465 e. The molecule has 0 aromatic carbocycles. The quantitative estimate of drug-likeness (QED) is 0.731. The minimum Gasteiger partial charge on any atom is -0.465 e. The van der Waals surface area contributed by atoms with Gasteiger partial charge in [0.05, 0.1) is 0 Å². The van der Waals surface area contributed by atoms with E-state index in [9.17, 15) is 4.79 Å². The standard InChI is InChI=1S/C11H21NO2/c1-2-9(8-12-11(13)14)10-6-4-3-5-7-10/h9-10,12H,2-8H2,1H3,(H,13,14). The lowest BCUT2D eigenvalue weighted by Crippen LogP contribution is -2.32. The summed E-state index contributed by atoms with van der Waals surface area (Å²) in [6.45, 7) is 2.79. The number of rotatable bonds is 4. The maximum absolute atomic E-state index is 10.4. The fourth-order valence-electron chi connectivity index (χ4n) is 2.47. The third-order valence-electron chi connectivity index (χ3n) is 3.36. The van der Waals surface area contributed by atoms with Crippen molar-refractivity contribution < 1.29 is 9.90 Å². The van der Waals surface area contributed by atoms with Crippen LogP contribution >= 0.6 is 0 Å². The van der Waals surface area contributed by atoms with Crippen molar-refractivity contribution in [2.45, 2.75) is 45.4 Å². The van der Waals surface area contributed by atoms with Gasteiger partial charge in [-0.15, -0.1) is 0 Å². The predicted molar refractivity (Wildman–Crippen MR) is 56.4 cm³/mol. The van der Waals surface area contributed by atoms with Crippen molar-refractivity contribution in [2.75, 3.05) is 6.54 Å². The highest BCUT2D eigenvalue weighted by atomic mass is 16.4. The summed E-state index contributed by atoms with van der Waals surface area (Å²) in [4.78, 5) is 10.4. The minimum atomic E-state index is -0.890. The molecule has 82 valence electrons. The van der Waals surface area contributed by atoms with Crippen molar-refractivity contribution in [1.29, 1.82) is 0 Å². The number of amides is 1. The summed E-state index contributed by atoms with van der Waals surface area (Å²) in [5.41, 5.74) is 0. The molecule has 0 heterocycles. The fraction of sp³-hybridized carbons (Fsp3) is 0.909. The van der Waals surface area contributed by atoms with Gasteiger partial charge in [0.1, 0.15) is 0 Å². The van der Waals surface area contributed by atoms with Crippen molar-refractivity contribution in [3.05, 3.63) is 0 Å². The van der Waals surface area contributed by atoms with Crippen LogP contribution in [0.3, 0.4) is 0 Å². The molecule has 1 amide bonds. The molecule has 14 heavy (non-hydrogen) atoms. The molecule has 3 nitrogen and oxygen atoms in total. The molecule has 0 spiro atoms. The molecule has 1 unspecified atom stereocenters. The molecule has 0 aromatic rings. The summed E-state index contributed by atoms with van der Waals surface area (Å²) in [5.74, 6) is 1.30. The van der Waals surface area contributed by atoms with Gasteiger partial charge in [0.2, 0.25) is 0 Å². The molecule has 1 saturated carbocycles. The van der Waals surface area contributed by atoms with E-state index in [2.05, 4.69) is 12.2 Å². The first-order valence-electron chi connectivity index (χ1n) is 5.70. The molecule has 0 bridgehead atoms. The average Bonchev–Trinajstić information content (AvgIpc) is 2.20. The summed E-state index contributed by atoms with van der Waals surface area (Å²) in [5, 5.41) is 11.1. The Hall–Kier alpha value is -0.730. The summed E-state index contributed by atoms with van der Waals surface area (Å²) < 4.78 is 0. The molecule has 1 aliphatic carbocycles. The topological polar surface area (TPSA) is 49.3 Å². The van der Waals surface area contributed by atoms with Crippen LogP contribution in [0, 0.1) is 11.8 Å². The maximum Gasteiger partial charge on any atom is 0.404 e. The minimum absolute atomic E-state index is 0.548. The van der Waals surface area contributed by atoms with Crippen molar-refractivity contribution in [3.63, 3.8) is 0 Å². The van der Waals surface area contributed by atoms with Gasteiger partial charge in [-0.3, -0.25) is 0 Å². The zero-order chi connectivity index (χ0) is 10.4. The first-order valence-corrected chi connectivity index (χ1v) is 5.70. The van der Waals surface area contributed by atoms with Crippen LogP contribution in [0.15, 0.2) is 0 Å². The zero-order valence-electron chi connectivity index (χ0n) is 8.96. The SMILES string of the molecule is CCC(CNC(=O)O)C1CCCCC1. The van der Waals surface area contributed by atoms with E-state index < -0.39 is 6.09 Å². The van der Waals surface area contributed by atoms with Gasteiger partial charge in [-0.1, -0.05) is 45.4 Å². The van der Waals surface area contributed by atoms with Crippen LogP contribution in [0.2, 0.25) is 0 Å². The highest BCUT2D eigenvalue weighted by molar-refractivity contribution is 5.64. The first kappa shape index (κ1) is 11.3. The van der Waals surface area contributed by atoms with E-state index in [0.717, 1.165) is 12.3 Å². The normalized spacial score (nSPS) is 20.4. The predicted octanol–water partition coefficient (Wildman–Crippen LogP) is 2.86. The van der Waals surface area contributed by atoms with Crippen molar-refractivity contribution in [3.8, 4) is 0 Å². The van der Waals surface area contributed by atoms with Gasteiger partial charge in [-0.2, -0.15) is 0 Å². The van der Waals surface area contributed by atoms with E-state index in [0.29, 0.717) is 12.5 Å². The maximum atomic E-state index is 10.4. The summed E-state index contributed by atoms with van der Waals surface area (Å²) >= 11 is 0. The van der Waals surface area contributed by atoms with E-state index in [1.165, 1.54) is 32.1 Å². The Morgan fingerprint density at radius 2 is 2.07 bits per heavy atom. The molecule has 0 saturated heterocycles. The van der Waals surface area contributed by atoms with E-state index in [4.69, 9.17) is 5.11 Å². The lowest BCUT2D eigenvalue weighted by Gasteiger charge is -2.29. The first-order chi connectivity index (χ1) is 6.74. The van der Waals surface area contributed by atoms with Gasteiger partial charge >= 0.3 is 6.09 Å². The van der Waals surface area contributed by atoms with Crippen molar-refractivity contribution >= 4 is 6.09 Å². The van der Waals surface area contributed by atoms with Gasteiger partial charge in [-0.05, 0) is 11.8 Å². The number of carbonyl (C=O) groups is 1. The lowest BCUT2D eigenvalue weighted by atomic mass is 9.79. The molecular weight excluding hydrogens is 178 g/mol. The number of hydrogen-bond acceptors (Lipinski definition) is 1. The van der Waals surface area contributed by atoms with Crippen LogP contribution in [0.4, 0.5) is 4.79 Å². The van der Waals surface area contributed by atoms with Crippen LogP contribution in [0.5, 0.6) is 0 Å².